The monoisotopic (exact) mass is 347 g/mol. The number of nitrogens with zero attached hydrogens (tertiary/aromatic N) is 3. The second-order valence-electron chi connectivity index (χ2n) is 6.41. The summed E-state index contributed by atoms with van der Waals surface area (Å²) in [5.41, 5.74) is 9.41. The molecule has 5 heteroatoms. The van der Waals surface area contributed by atoms with Gasteiger partial charge < -0.3 is 16.0 Å². The SMILES string of the molecule is CN(C)c1cc(CN=C(N)NCCc2ccccc2)c2ccccc2n1. The third-order valence-corrected chi connectivity index (χ3v) is 4.23. The lowest BCUT2D eigenvalue weighted by atomic mass is 10.1. The molecule has 0 spiro atoms. The number of fused-ring (bicyclic) bond motifs is 1. The van der Waals surface area contributed by atoms with Gasteiger partial charge in [0.15, 0.2) is 5.96 Å². The third-order valence-electron chi connectivity index (χ3n) is 4.23. The highest BCUT2D eigenvalue weighted by Gasteiger charge is 2.07. The molecule has 0 fully saturated rings. The summed E-state index contributed by atoms with van der Waals surface area (Å²) in [5, 5.41) is 4.30. The van der Waals surface area contributed by atoms with Crippen LogP contribution in [0.2, 0.25) is 0 Å². The molecule has 0 aliphatic heterocycles. The number of para-hydroxylation sites is 1. The van der Waals surface area contributed by atoms with Gasteiger partial charge in [0.25, 0.3) is 0 Å². The second-order valence-corrected chi connectivity index (χ2v) is 6.41. The fourth-order valence-electron chi connectivity index (χ4n) is 2.80. The summed E-state index contributed by atoms with van der Waals surface area (Å²) < 4.78 is 0. The smallest absolute Gasteiger partial charge is 0.188 e. The number of aliphatic imine (C=N–C) groups is 1. The molecule has 26 heavy (non-hydrogen) atoms. The lowest BCUT2D eigenvalue weighted by Gasteiger charge is -2.14. The van der Waals surface area contributed by atoms with Gasteiger partial charge in [0.2, 0.25) is 0 Å². The molecule has 0 aliphatic carbocycles. The molecular formula is C21H25N5. The van der Waals surface area contributed by atoms with Gasteiger partial charge >= 0.3 is 0 Å². The molecule has 0 saturated heterocycles. The van der Waals surface area contributed by atoms with E-state index in [0.717, 1.165) is 35.2 Å². The lowest BCUT2D eigenvalue weighted by molar-refractivity contribution is 0.848. The molecule has 3 N–H and O–H groups in total. The van der Waals surface area contributed by atoms with Crippen LogP contribution in [0.3, 0.4) is 0 Å². The van der Waals surface area contributed by atoms with E-state index in [9.17, 15) is 0 Å². The summed E-state index contributed by atoms with van der Waals surface area (Å²) in [5.74, 6) is 1.39. The van der Waals surface area contributed by atoms with Crippen LogP contribution in [0.4, 0.5) is 5.82 Å². The Hall–Kier alpha value is -3.08. The molecule has 0 unspecified atom stereocenters. The van der Waals surface area contributed by atoms with Gasteiger partial charge in [-0.3, -0.25) is 0 Å². The Morgan fingerprint density at radius 1 is 1.08 bits per heavy atom. The van der Waals surface area contributed by atoms with E-state index in [1.54, 1.807) is 0 Å². The third kappa shape index (κ3) is 4.51. The number of hydrogen-bond donors (Lipinski definition) is 2. The summed E-state index contributed by atoms with van der Waals surface area (Å²) in [4.78, 5) is 11.2. The molecule has 134 valence electrons. The molecule has 0 amide bonds. The standard InChI is InChI=1S/C21H25N5/c1-26(2)20-14-17(18-10-6-7-11-19(18)25-20)15-24-21(22)23-13-12-16-8-4-3-5-9-16/h3-11,14H,12-13,15H2,1-2H3,(H3,22,23,24). The van der Waals surface area contributed by atoms with Crippen molar-refractivity contribution in [3.05, 3.63) is 71.8 Å². The number of rotatable bonds is 6. The average Bonchev–Trinajstić information content (AvgIpc) is 2.66. The quantitative estimate of drug-likeness (QED) is 0.531. The molecule has 0 saturated carbocycles. The lowest BCUT2D eigenvalue weighted by Crippen LogP contribution is -2.33. The van der Waals surface area contributed by atoms with Gasteiger partial charge in [0.1, 0.15) is 5.82 Å². The number of nitrogens with two attached hydrogens (primary N) is 1. The van der Waals surface area contributed by atoms with Gasteiger partial charge in [-0.05, 0) is 29.7 Å². The molecule has 1 heterocycles. The Labute approximate surface area is 154 Å². The van der Waals surface area contributed by atoms with Crippen LogP contribution in [0.25, 0.3) is 10.9 Å². The van der Waals surface area contributed by atoms with Crippen LogP contribution in [0.1, 0.15) is 11.1 Å². The number of nitrogens with one attached hydrogen (secondary N) is 1. The van der Waals surface area contributed by atoms with Gasteiger partial charge in [-0.15, -0.1) is 0 Å². The maximum atomic E-state index is 6.04. The van der Waals surface area contributed by atoms with Crippen molar-refractivity contribution in [3.8, 4) is 0 Å². The number of anilines is 1. The molecule has 0 radical (unpaired) electrons. The molecule has 0 bridgehead atoms. The van der Waals surface area contributed by atoms with Crippen LogP contribution in [0.5, 0.6) is 0 Å². The van der Waals surface area contributed by atoms with Crippen molar-refractivity contribution < 1.29 is 0 Å². The minimum atomic E-state index is 0.466. The summed E-state index contributed by atoms with van der Waals surface area (Å²) >= 11 is 0. The van der Waals surface area contributed by atoms with Crippen LogP contribution < -0.4 is 16.0 Å². The first kappa shape index (κ1) is 17.7. The highest BCUT2D eigenvalue weighted by atomic mass is 15.1. The molecule has 1 aromatic heterocycles. The maximum Gasteiger partial charge on any atom is 0.188 e. The minimum Gasteiger partial charge on any atom is -0.370 e. The van der Waals surface area contributed by atoms with E-state index < -0.39 is 0 Å². The Morgan fingerprint density at radius 3 is 2.58 bits per heavy atom. The van der Waals surface area contributed by atoms with Gasteiger partial charge in [-0.1, -0.05) is 48.5 Å². The highest BCUT2D eigenvalue weighted by Crippen LogP contribution is 2.22. The first-order valence-electron chi connectivity index (χ1n) is 8.77. The van der Waals surface area contributed by atoms with Gasteiger partial charge in [-0.25, -0.2) is 9.98 Å². The Kier molecular flexibility index (Phi) is 5.69. The Bertz CT molecular complexity index is 887. The fraction of sp³-hybridized carbons (Fsp3) is 0.238. The van der Waals surface area contributed by atoms with Crippen LogP contribution in [0.15, 0.2) is 65.7 Å². The number of guanidine groups is 1. The van der Waals surface area contributed by atoms with Crippen molar-refractivity contribution in [2.45, 2.75) is 13.0 Å². The predicted molar refractivity (Wildman–Crippen MR) is 110 cm³/mol. The molecule has 3 rings (SSSR count). The number of benzene rings is 2. The van der Waals surface area contributed by atoms with Crippen molar-refractivity contribution in [1.82, 2.24) is 10.3 Å². The van der Waals surface area contributed by atoms with Gasteiger partial charge in [-0.2, -0.15) is 0 Å². The minimum absolute atomic E-state index is 0.466. The van der Waals surface area contributed by atoms with Crippen molar-refractivity contribution in [2.75, 3.05) is 25.5 Å². The average molecular weight is 347 g/mol. The molecule has 5 nitrogen and oxygen atoms in total. The molecule has 0 atom stereocenters. The predicted octanol–water partition coefficient (Wildman–Crippen LogP) is 2.95. The summed E-state index contributed by atoms with van der Waals surface area (Å²) in [7, 11) is 3.98. The first-order chi connectivity index (χ1) is 12.6. The van der Waals surface area contributed by atoms with Gasteiger partial charge in [0, 0.05) is 26.0 Å². The summed E-state index contributed by atoms with van der Waals surface area (Å²) in [6.45, 7) is 1.29. The highest BCUT2D eigenvalue weighted by molar-refractivity contribution is 5.84. The summed E-state index contributed by atoms with van der Waals surface area (Å²) in [6.07, 6.45) is 0.917. The number of hydrogen-bond acceptors (Lipinski definition) is 3. The second kappa shape index (κ2) is 8.34. The van der Waals surface area contributed by atoms with Crippen molar-refractivity contribution in [1.29, 1.82) is 0 Å². The fourth-order valence-corrected chi connectivity index (χ4v) is 2.80. The Balaban J connectivity index is 1.68. The van der Waals surface area contributed by atoms with Gasteiger partial charge in [0.05, 0.1) is 12.1 Å². The van der Waals surface area contributed by atoms with E-state index in [1.165, 1.54) is 5.56 Å². The van der Waals surface area contributed by atoms with Crippen LogP contribution >= 0.6 is 0 Å². The normalized spacial score (nSPS) is 11.5. The van der Waals surface area contributed by atoms with Crippen LogP contribution in [0, 0.1) is 0 Å². The molecular weight excluding hydrogens is 322 g/mol. The van der Waals surface area contributed by atoms with E-state index in [1.807, 2.05) is 55.4 Å². The number of aromatic nitrogens is 1. The van der Waals surface area contributed by atoms with E-state index in [-0.39, 0.29) is 0 Å². The number of pyridine rings is 1. The van der Waals surface area contributed by atoms with E-state index in [4.69, 9.17) is 5.73 Å². The molecule has 3 aromatic rings. The van der Waals surface area contributed by atoms with Crippen molar-refractivity contribution in [2.24, 2.45) is 10.7 Å². The molecule has 2 aromatic carbocycles. The topological polar surface area (TPSA) is 66.5 Å². The zero-order valence-electron chi connectivity index (χ0n) is 15.3. The van der Waals surface area contributed by atoms with E-state index in [2.05, 4.69) is 39.6 Å². The largest absolute Gasteiger partial charge is 0.370 e. The van der Waals surface area contributed by atoms with Crippen molar-refractivity contribution in [3.63, 3.8) is 0 Å². The van der Waals surface area contributed by atoms with Crippen LogP contribution in [-0.4, -0.2) is 31.6 Å². The van der Waals surface area contributed by atoms with E-state index >= 15 is 0 Å². The van der Waals surface area contributed by atoms with Crippen LogP contribution in [-0.2, 0) is 13.0 Å². The first-order valence-corrected chi connectivity index (χ1v) is 8.77. The summed E-state index contributed by atoms with van der Waals surface area (Å²) in [6, 6.07) is 20.5. The zero-order valence-corrected chi connectivity index (χ0v) is 15.3. The Morgan fingerprint density at radius 2 is 1.81 bits per heavy atom. The van der Waals surface area contributed by atoms with Crippen molar-refractivity contribution >= 4 is 22.7 Å². The zero-order chi connectivity index (χ0) is 18.4. The van der Waals surface area contributed by atoms with E-state index in [0.29, 0.717) is 12.5 Å². The molecule has 0 aliphatic rings. The maximum absolute atomic E-state index is 6.04.